The molecule has 1 N–H and O–H groups in total. The molecular weight excluding hydrogens is 342 g/mol. The highest BCUT2D eigenvalue weighted by molar-refractivity contribution is 5.81. The average molecular weight is 374 g/mol. The summed E-state index contributed by atoms with van der Waals surface area (Å²) in [6.45, 7) is 9.81. The minimum Gasteiger partial charge on any atom is -0.356 e. The fourth-order valence-electron chi connectivity index (χ4n) is 3.28. The summed E-state index contributed by atoms with van der Waals surface area (Å²) in [5.74, 6) is 2.69. The van der Waals surface area contributed by atoms with Crippen molar-refractivity contribution in [3.05, 3.63) is 17.6 Å². The molecule has 0 radical (unpaired) electrons. The van der Waals surface area contributed by atoms with Gasteiger partial charge in [0, 0.05) is 62.7 Å². The highest BCUT2D eigenvalue weighted by Gasteiger charge is 2.29. The van der Waals surface area contributed by atoms with Gasteiger partial charge in [-0.2, -0.15) is 0 Å². The monoisotopic (exact) mass is 373 g/mol. The standard InChI is InChI=1S/C20H31N5O2/c1-14(2)19-22-15(3)13-17(23-19)24-9-11-25(12-10-24)18(26)5-4-8-21-20(27)16-6-7-16/h13-14,16H,4-12H2,1-3H3,(H,21,27). The molecule has 1 saturated carbocycles. The lowest BCUT2D eigenvalue weighted by Crippen LogP contribution is -2.49. The van der Waals surface area contributed by atoms with Gasteiger partial charge in [0.2, 0.25) is 11.8 Å². The summed E-state index contributed by atoms with van der Waals surface area (Å²) in [5.41, 5.74) is 0.982. The molecule has 2 fully saturated rings. The zero-order chi connectivity index (χ0) is 19.4. The van der Waals surface area contributed by atoms with Crippen molar-refractivity contribution < 1.29 is 9.59 Å². The molecule has 0 unspecified atom stereocenters. The van der Waals surface area contributed by atoms with Gasteiger partial charge in [0.15, 0.2) is 0 Å². The number of nitrogens with zero attached hydrogens (tertiary/aromatic N) is 4. The highest BCUT2D eigenvalue weighted by Crippen LogP contribution is 2.28. The smallest absolute Gasteiger partial charge is 0.223 e. The third-order valence-corrected chi connectivity index (χ3v) is 5.15. The molecule has 2 amide bonds. The second-order valence-electron chi connectivity index (χ2n) is 7.92. The molecule has 7 heteroatoms. The number of piperazine rings is 1. The maximum Gasteiger partial charge on any atom is 0.223 e. The number of aromatic nitrogens is 2. The molecule has 0 atom stereocenters. The van der Waals surface area contributed by atoms with Crippen LogP contribution in [0.3, 0.4) is 0 Å². The molecule has 7 nitrogen and oxygen atoms in total. The summed E-state index contributed by atoms with van der Waals surface area (Å²) in [6.07, 6.45) is 3.23. The van der Waals surface area contributed by atoms with Crippen LogP contribution in [0.4, 0.5) is 5.82 Å². The number of aryl methyl sites for hydroxylation is 1. The fourth-order valence-corrected chi connectivity index (χ4v) is 3.28. The SMILES string of the molecule is Cc1cc(N2CCN(C(=O)CCCNC(=O)C3CC3)CC2)nc(C(C)C)n1. The second kappa shape index (κ2) is 8.67. The van der Waals surface area contributed by atoms with Crippen molar-refractivity contribution in [2.24, 2.45) is 5.92 Å². The van der Waals surface area contributed by atoms with E-state index in [-0.39, 0.29) is 17.7 Å². The fraction of sp³-hybridized carbons (Fsp3) is 0.700. The lowest BCUT2D eigenvalue weighted by Gasteiger charge is -2.35. The molecule has 0 spiro atoms. The van der Waals surface area contributed by atoms with Crippen LogP contribution >= 0.6 is 0 Å². The van der Waals surface area contributed by atoms with Gasteiger partial charge in [-0.3, -0.25) is 9.59 Å². The van der Waals surface area contributed by atoms with Gasteiger partial charge in [-0.05, 0) is 26.2 Å². The Kier molecular flexibility index (Phi) is 6.29. The van der Waals surface area contributed by atoms with Crippen molar-refractivity contribution in [3.8, 4) is 0 Å². The maximum absolute atomic E-state index is 12.4. The van der Waals surface area contributed by atoms with Gasteiger partial charge in [-0.15, -0.1) is 0 Å². The van der Waals surface area contributed by atoms with Gasteiger partial charge in [-0.1, -0.05) is 13.8 Å². The molecule has 2 heterocycles. The first-order chi connectivity index (χ1) is 12.9. The Morgan fingerprint density at radius 2 is 1.89 bits per heavy atom. The Bertz CT molecular complexity index is 679. The van der Waals surface area contributed by atoms with Crippen LogP contribution in [0.25, 0.3) is 0 Å². The first kappa shape index (κ1) is 19.6. The molecule has 1 aromatic heterocycles. The molecule has 148 valence electrons. The Morgan fingerprint density at radius 3 is 2.52 bits per heavy atom. The molecule has 1 aromatic rings. The number of carbonyl (C=O) groups excluding carboxylic acids is 2. The van der Waals surface area contributed by atoms with E-state index in [1.165, 1.54) is 0 Å². The van der Waals surface area contributed by atoms with E-state index in [4.69, 9.17) is 4.98 Å². The maximum atomic E-state index is 12.4. The normalized spacial score (nSPS) is 17.3. The van der Waals surface area contributed by atoms with Crippen molar-refractivity contribution in [1.82, 2.24) is 20.2 Å². The van der Waals surface area contributed by atoms with E-state index in [2.05, 4.69) is 29.0 Å². The van der Waals surface area contributed by atoms with E-state index in [1.807, 2.05) is 17.9 Å². The Labute approximate surface area is 161 Å². The molecule has 2 aliphatic rings. The van der Waals surface area contributed by atoms with Gasteiger partial charge in [0.1, 0.15) is 11.6 Å². The topological polar surface area (TPSA) is 78.4 Å². The molecular formula is C20H31N5O2. The van der Waals surface area contributed by atoms with Gasteiger partial charge in [0.25, 0.3) is 0 Å². The van der Waals surface area contributed by atoms with E-state index >= 15 is 0 Å². The predicted molar refractivity (Wildman–Crippen MR) is 105 cm³/mol. The molecule has 27 heavy (non-hydrogen) atoms. The zero-order valence-electron chi connectivity index (χ0n) is 16.7. The average Bonchev–Trinajstić information content (AvgIpc) is 3.49. The second-order valence-corrected chi connectivity index (χ2v) is 7.92. The minimum atomic E-state index is 0.150. The van der Waals surface area contributed by atoms with Gasteiger partial charge >= 0.3 is 0 Å². The van der Waals surface area contributed by atoms with Crippen LogP contribution in [0.1, 0.15) is 57.0 Å². The van der Waals surface area contributed by atoms with Crippen LogP contribution in [0.5, 0.6) is 0 Å². The van der Waals surface area contributed by atoms with Crippen molar-refractivity contribution >= 4 is 17.6 Å². The minimum absolute atomic E-state index is 0.150. The highest BCUT2D eigenvalue weighted by atomic mass is 16.2. The zero-order valence-corrected chi connectivity index (χ0v) is 16.7. The number of rotatable bonds is 7. The summed E-state index contributed by atoms with van der Waals surface area (Å²) >= 11 is 0. The number of hydrogen-bond acceptors (Lipinski definition) is 5. The van der Waals surface area contributed by atoms with Crippen LogP contribution < -0.4 is 10.2 Å². The third kappa shape index (κ3) is 5.40. The van der Waals surface area contributed by atoms with E-state index in [1.54, 1.807) is 0 Å². The van der Waals surface area contributed by atoms with E-state index in [0.717, 1.165) is 43.3 Å². The van der Waals surface area contributed by atoms with Gasteiger partial charge < -0.3 is 15.1 Å². The van der Waals surface area contributed by atoms with Crippen molar-refractivity contribution in [1.29, 1.82) is 0 Å². The van der Waals surface area contributed by atoms with E-state index < -0.39 is 0 Å². The van der Waals surface area contributed by atoms with Crippen molar-refractivity contribution in [3.63, 3.8) is 0 Å². The lowest BCUT2D eigenvalue weighted by atomic mass is 10.2. The first-order valence-corrected chi connectivity index (χ1v) is 10.1. The predicted octanol–water partition coefficient (Wildman–Crippen LogP) is 1.86. The van der Waals surface area contributed by atoms with Crippen LogP contribution in [-0.2, 0) is 9.59 Å². The number of amides is 2. The number of anilines is 1. The van der Waals surface area contributed by atoms with Gasteiger partial charge in [0.05, 0.1) is 0 Å². The quantitative estimate of drug-likeness (QED) is 0.738. The Morgan fingerprint density at radius 1 is 1.19 bits per heavy atom. The summed E-state index contributed by atoms with van der Waals surface area (Å²) < 4.78 is 0. The van der Waals surface area contributed by atoms with Crippen molar-refractivity contribution in [2.45, 2.75) is 52.4 Å². The first-order valence-electron chi connectivity index (χ1n) is 10.1. The van der Waals surface area contributed by atoms with Crippen LogP contribution in [-0.4, -0.2) is 59.4 Å². The van der Waals surface area contributed by atoms with Crippen molar-refractivity contribution in [2.75, 3.05) is 37.6 Å². The Hall–Kier alpha value is -2.18. The van der Waals surface area contributed by atoms with Crippen LogP contribution in [0.15, 0.2) is 6.07 Å². The molecule has 1 saturated heterocycles. The van der Waals surface area contributed by atoms with Gasteiger partial charge in [-0.25, -0.2) is 9.97 Å². The lowest BCUT2D eigenvalue weighted by molar-refractivity contribution is -0.131. The summed E-state index contributed by atoms with van der Waals surface area (Å²) in [4.78, 5) is 37.4. The Balaban J connectivity index is 1.42. The van der Waals surface area contributed by atoms with Crippen LogP contribution in [0.2, 0.25) is 0 Å². The summed E-state index contributed by atoms with van der Waals surface area (Å²) in [7, 11) is 0. The number of nitrogens with one attached hydrogen (secondary N) is 1. The summed E-state index contributed by atoms with van der Waals surface area (Å²) in [5, 5.41) is 2.92. The molecule has 1 aliphatic carbocycles. The molecule has 0 aromatic carbocycles. The largest absolute Gasteiger partial charge is 0.356 e. The summed E-state index contributed by atoms with van der Waals surface area (Å²) in [6, 6.07) is 2.02. The van der Waals surface area contributed by atoms with Crippen LogP contribution in [0, 0.1) is 12.8 Å². The molecule has 3 rings (SSSR count). The third-order valence-electron chi connectivity index (χ3n) is 5.15. The molecule has 1 aliphatic heterocycles. The van der Waals surface area contributed by atoms with E-state index in [0.29, 0.717) is 38.4 Å². The molecule has 0 bridgehead atoms. The number of carbonyl (C=O) groups is 2. The number of hydrogen-bond donors (Lipinski definition) is 1. The van der Waals surface area contributed by atoms with E-state index in [9.17, 15) is 9.59 Å².